The molecule has 0 saturated carbocycles. The SMILES string of the molecule is CCCC(C)C1=CC([Si](C)(C)C2C=Cc3ccccc32)c2cc3c(cc21)CCC3.[H-].[Li+]. The van der Waals surface area contributed by atoms with Crippen molar-refractivity contribution >= 4 is 19.7 Å². The molecule has 3 atom stereocenters. The van der Waals surface area contributed by atoms with Crippen LogP contribution in [0.25, 0.3) is 11.6 Å². The van der Waals surface area contributed by atoms with Gasteiger partial charge in [-0.25, -0.2) is 0 Å². The fourth-order valence-electron chi connectivity index (χ4n) is 6.24. The van der Waals surface area contributed by atoms with E-state index in [9.17, 15) is 0 Å². The quantitative estimate of drug-likeness (QED) is 0.626. The second-order valence-corrected chi connectivity index (χ2v) is 15.0. The number of rotatable bonds is 5. The Kier molecular flexibility index (Phi) is 6.11. The van der Waals surface area contributed by atoms with Crippen LogP contribution in [-0.4, -0.2) is 8.07 Å². The number of hydrogen-bond donors (Lipinski definition) is 0. The molecule has 0 spiro atoms. The van der Waals surface area contributed by atoms with Crippen LogP contribution in [-0.2, 0) is 12.8 Å². The summed E-state index contributed by atoms with van der Waals surface area (Å²) in [5.41, 5.74) is 12.4. The van der Waals surface area contributed by atoms with Gasteiger partial charge in [0.25, 0.3) is 0 Å². The van der Waals surface area contributed by atoms with E-state index < -0.39 is 8.07 Å². The summed E-state index contributed by atoms with van der Waals surface area (Å²) < 4.78 is 0. The molecule has 3 unspecified atom stereocenters. The molecule has 3 aliphatic carbocycles. The van der Waals surface area contributed by atoms with E-state index in [0.717, 1.165) is 0 Å². The molecule has 0 aromatic heterocycles. The molecule has 0 N–H and O–H groups in total. The van der Waals surface area contributed by atoms with Gasteiger partial charge in [0, 0.05) is 0 Å². The van der Waals surface area contributed by atoms with E-state index in [1.54, 1.807) is 33.4 Å². The van der Waals surface area contributed by atoms with E-state index in [1.807, 2.05) is 0 Å². The molecule has 2 heteroatoms. The molecular formula is C28H35LiSi. The fraction of sp³-hybridized carbons (Fsp3) is 0.429. The van der Waals surface area contributed by atoms with Crippen LogP contribution in [0.2, 0.25) is 13.1 Å². The summed E-state index contributed by atoms with van der Waals surface area (Å²) in [7, 11) is -1.65. The average molecular weight is 407 g/mol. The third kappa shape index (κ3) is 3.44. The largest absolute Gasteiger partial charge is 1.00 e. The van der Waals surface area contributed by atoms with E-state index >= 15 is 0 Å². The summed E-state index contributed by atoms with van der Waals surface area (Å²) in [6.45, 7) is 10.0. The Balaban J connectivity index is 0.00000136. The van der Waals surface area contributed by atoms with E-state index in [-0.39, 0.29) is 20.3 Å². The van der Waals surface area contributed by atoms with Gasteiger partial charge in [-0.1, -0.05) is 88.0 Å². The number of hydrogen-bond acceptors (Lipinski definition) is 0. The summed E-state index contributed by atoms with van der Waals surface area (Å²) in [6.07, 6.45) is 14.1. The van der Waals surface area contributed by atoms with Crippen molar-refractivity contribution in [3.05, 3.63) is 81.9 Å². The topological polar surface area (TPSA) is 0 Å². The van der Waals surface area contributed by atoms with Crippen LogP contribution in [0.1, 0.15) is 79.0 Å². The summed E-state index contributed by atoms with van der Waals surface area (Å²) >= 11 is 0. The monoisotopic (exact) mass is 406 g/mol. The van der Waals surface area contributed by atoms with Crippen LogP contribution < -0.4 is 18.9 Å². The van der Waals surface area contributed by atoms with E-state index in [2.05, 4.69) is 81.6 Å². The van der Waals surface area contributed by atoms with Crippen LogP contribution in [0.4, 0.5) is 0 Å². The zero-order chi connectivity index (χ0) is 20.2. The maximum Gasteiger partial charge on any atom is 1.00 e. The first-order chi connectivity index (χ1) is 14.0. The van der Waals surface area contributed by atoms with E-state index in [1.165, 1.54) is 37.7 Å². The van der Waals surface area contributed by atoms with Crippen molar-refractivity contribution in [2.24, 2.45) is 5.92 Å². The Morgan fingerprint density at radius 1 is 1.03 bits per heavy atom. The minimum absolute atomic E-state index is 0. The molecule has 2 aromatic rings. The second kappa shape index (κ2) is 8.35. The first kappa shape index (κ1) is 21.9. The molecule has 5 rings (SSSR count). The van der Waals surface area contributed by atoms with Gasteiger partial charge in [0.15, 0.2) is 0 Å². The van der Waals surface area contributed by atoms with Gasteiger partial charge < -0.3 is 1.43 Å². The normalized spacial score (nSPS) is 22.2. The van der Waals surface area contributed by atoms with Gasteiger partial charge in [0.2, 0.25) is 0 Å². The van der Waals surface area contributed by atoms with Crippen molar-refractivity contribution in [2.45, 2.75) is 70.1 Å². The van der Waals surface area contributed by atoms with Crippen LogP contribution >= 0.6 is 0 Å². The van der Waals surface area contributed by atoms with Gasteiger partial charge in [0.1, 0.15) is 0 Å². The summed E-state index contributed by atoms with van der Waals surface area (Å²) in [5, 5.41) is 0. The molecule has 3 aliphatic rings. The molecule has 0 heterocycles. The third-order valence-electron chi connectivity index (χ3n) is 7.91. The zero-order valence-electron chi connectivity index (χ0n) is 20.5. The first-order valence-corrected chi connectivity index (χ1v) is 14.8. The molecule has 0 amide bonds. The van der Waals surface area contributed by atoms with Crippen LogP contribution in [0.15, 0.2) is 48.6 Å². The summed E-state index contributed by atoms with van der Waals surface area (Å²) in [4.78, 5) is 0. The van der Waals surface area contributed by atoms with Crippen molar-refractivity contribution in [2.75, 3.05) is 0 Å². The van der Waals surface area contributed by atoms with E-state index in [4.69, 9.17) is 0 Å². The second-order valence-electron chi connectivity index (χ2n) is 10.1. The minimum atomic E-state index is -1.65. The van der Waals surface area contributed by atoms with Gasteiger partial charge in [-0.2, -0.15) is 0 Å². The fourth-order valence-corrected chi connectivity index (χ4v) is 9.93. The molecule has 0 fully saturated rings. The van der Waals surface area contributed by atoms with Crippen molar-refractivity contribution in [1.29, 1.82) is 0 Å². The maximum atomic E-state index is 2.72. The molecule has 2 aromatic carbocycles. The summed E-state index contributed by atoms with van der Waals surface area (Å²) in [5.74, 6) is 0.666. The van der Waals surface area contributed by atoms with Gasteiger partial charge in [-0.3, -0.25) is 0 Å². The Labute approximate surface area is 197 Å². The van der Waals surface area contributed by atoms with Gasteiger partial charge in [0.05, 0.1) is 8.07 Å². The molecule has 0 saturated heterocycles. The van der Waals surface area contributed by atoms with Crippen molar-refractivity contribution in [1.82, 2.24) is 0 Å². The van der Waals surface area contributed by atoms with Gasteiger partial charge >= 0.3 is 18.9 Å². The van der Waals surface area contributed by atoms with Crippen molar-refractivity contribution < 1.29 is 20.3 Å². The molecule has 0 nitrogen and oxygen atoms in total. The zero-order valence-corrected chi connectivity index (χ0v) is 20.5. The van der Waals surface area contributed by atoms with Gasteiger partial charge in [-0.15, -0.1) is 0 Å². The maximum absolute atomic E-state index is 2.72. The predicted octanol–water partition coefficient (Wildman–Crippen LogP) is 4.81. The number of aryl methyl sites for hydroxylation is 2. The molecular weight excluding hydrogens is 371 g/mol. The van der Waals surface area contributed by atoms with E-state index in [0.29, 0.717) is 17.0 Å². The summed E-state index contributed by atoms with van der Waals surface area (Å²) in [6, 6.07) is 14.3. The van der Waals surface area contributed by atoms with Gasteiger partial charge in [-0.05, 0) is 81.6 Å². The molecule has 0 aliphatic heterocycles. The molecule has 0 bridgehead atoms. The minimum Gasteiger partial charge on any atom is -1.00 e. The average Bonchev–Trinajstić information content (AvgIpc) is 3.42. The number of fused-ring (bicyclic) bond motifs is 3. The first-order valence-electron chi connectivity index (χ1n) is 11.7. The Hall–Kier alpha value is -1.27. The number of benzene rings is 2. The van der Waals surface area contributed by atoms with Crippen molar-refractivity contribution in [3.8, 4) is 0 Å². The predicted molar refractivity (Wildman–Crippen MR) is 130 cm³/mol. The molecule has 152 valence electrons. The van der Waals surface area contributed by atoms with Crippen LogP contribution in [0.3, 0.4) is 0 Å². The smallest absolute Gasteiger partial charge is 1.00 e. The van der Waals surface area contributed by atoms with Crippen LogP contribution in [0.5, 0.6) is 0 Å². The van der Waals surface area contributed by atoms with Crippen molar-refractivity contribution in [3.63, 3.8) is 0 Å². The Bertz CT molecular complexity index is 1020. The van der Waals surface area contributed by atoms with Crippen LogP contribution in [0, 0.1) is 5.92 Å². The Morgan fingerprint density at radius 3 is 2.53 bits per heavy atom. The molecule has 30 heavy (non-hydrogen) atoms. The third-order valence-corrected chi connectivity index (χ3v) is 12.1. The standard InChI is InChI=1S/C28H34Si.Li.H/c1-5-9-19(2)24-18-28(26-17-22-12-8-11-21(22)16-25(24)26)29(3,4)27-15-14-20-10-6-7-13-23(20)27;;/h6-7,10,13-19,27-28H,5,8-9,11-12H2,1-4H3;;/q;+1;-1. The Morgan fingerprint density at radius 2 is 1.77 bits per heavy atom. The number of allylic oxidation sites excluding steroid dienone is 3. The molecule has 0 radical (unpaired) electrons.